The summed E-state index contributed by atoms with van der Waals surface area (Å²) < 4.78 is 4.99. The van der Waals surface area contributed by atoms with Crippen LogP contribution in [0.25, 0.3) is 49.0 Å². The molecule has 1 saturated carbocycles. The van der Waals surface area contributed by atoms with E-state index in [2.05, 4.69) is 86.3 Å². The summed E-state index contributed by atoms with van der Waals surface area (Å²) in [6, 6.07) is 14.0. The second-order valence-corrected chi connectivity index (χ2v) is 10.5. The van der Waals surface area contributed by atoms with Gasteiger partial charge in [0.15, 0.2) is 6.20 Å². The zero-order chi connectivity index (χ0) is 22.6. The summed E-state index contributed by atoms with van der Waals surface area (Å²) in [6.45, 7) is 9.24. The minimum absolute atomic E-state index is 0.676. The standard InChI is InChI=1S/C31H31N2/c1-17-18(2)20(4)29-26(19(17)3)30-27-22(14-15-32(30)5)16-24(21-10-6-7-11-21)28-23-12-8-9-13-25(23)33(29)31(27)28/h8-9,12-16,21H,6-7,10-11H2,1-5H3/q+1. The molecule has 3 aromatic heterocycles. The first-order valence-electron chi connectivity index (χ1n) is 12.5. The Bertz CT molecular complexity index is 1760. The maximum Gasteiger partial charge on any atom is 0.224 e. The van der Waals surface area contributed by atoms with Gasteiger partial charge in [-0.25, -0.2) is 4.57 Å². The lowest BCUT2D eigenvalue weighted by molar-refractivity contribution is -0.643. The zero-order valence-corrected chi connectivity index (χ0v) is 20.3. The molecule has 0 bridgehead atoms. The number of benzene rings is 3. The van der Waals surface area contributed by atoms with E-state index in [0.717, 1.165) is 0 Å². The summed E-state index contributed by atoms with van der Waals surface area (Å²) in [5.74, 6) is 0.676. The number of rotatable bonds is 1. The van der Waals surface area contributed by atoms with Crippen molar-refractivity contribution in [2.45, 2.75) is 59.3 Å². The summed E-state index contributed by atoms with van der Waals surface area (Å²) in [7, 11) is 2.22. The number of aromatic nitrogens is 2. The van der Waals surface area contributed by atoms with Gasteiger partial charge < -0.3 is 4.40 Å². The summed E-state index contributed by atoms with van der Waals surface area (Å²) in [5, 5.41) is 7.14. The van der Waals surface area contributed by atoms with Crippen molar-refractivity contribution in [2.24, 2.45) is 7.05 Å². The molecule has 1 fully saturated rings. The first-order chi connectivity index (χ1) is 16.0. The van der Waals surface area contributed by atoms with Crippen LogP contribution in [0, 0.1) is 27.7 Å². The van der Waals surface area contributed by atoms with E-state index in [1.807, 2.05) is 0 Å². The monoisotopic (exact) mass is 431 g/mol. The Kier molecular flexibility index (Phi) is 3.79. The van der Waals surface area contributed by atoms with E-state index in [9.17, 15) is 0 Å². The summed E-state index contributed by atoms with van der Waals surface area (Å²) in [4.78, 5) is 0. The molecule has 0 radical (unpaired) electrons. The van der Waals surface area contributed by atoms with Crippen molar-refractivity contribution in [3.8, 4) is 0 Å². The molecular formula is C31H31N2+. The van der Waals surface area contributed by atoms with Crippen molar-refractivity contribution in [3.05, 3.63) is 70.4 Å². The first-order valence-corrected chi connectivity index (χ1v) is 12.5. The van der Waals surface area contributed by atoms with Crippen LogP contribution in [0.2, 0.25) is 0 Å². The molecule has 0 N–H and O–H groups in total. The van der Waals surface area contributed by atoms with Crippen LogP contribution >= 0.6 is 0 Å². The topological polar surface area (TPSA) is 8.29 Å². The lowest BCUT2D eigenvalue weighted by atomic mass is 9.88. The molecule has 0 unspecified atom stereocenters. The minimum atomic E-state index is 0.676. The quantitative estimate of drug-likeness (QED) is 0.143. The van der Waals surface area contributed by atoms with Gasteiger partial charge in [0.1, 0.15) is 7.05 Å². The Morgan fingerprint density at radius 1 is 0.788 bits per heavy atom. The van der Waals surface area contributed by atoms with Gasteiger partial charge in [-0.15, -0.1) is 0 Å². The van der Waals surface area contributed by atoms with E-state index >= 15 is 0 Å². The van der Waals surface area contributed by atoms with E-state index in [-0.39, 0.29) is 0 Å². The van der Waals surface area contributed by atoms with Crippen molar-refractivity contribution in [1.82, 2.24) is 4.40 Å². The second kappa shape index (κ2) is 6.47. The molecule has 3 aromatic carbocycles. The van der Waals surface area contributed by atoms with E-state index in [0.29, 0.717) is 5.92 Å². The number of hydrogen-bond donors (Lipinski definition) is 0. The molecule has 1 aliphatic carbocycles. The number of hydrogen-bond acceptors (Lipinski definition) is 0. The fraction of sp³-hybridized carbons (Fsp3) is 0.323. The minimum Gasteiger partial charge on any atom is -0.307 e. The SMILES string of the molecule is Cc1c(C)c(C)c2c(c1C)c1c3c(cc[n+]1C)cc(C1CCCC1)c1c4ccccc4n2c13. The van der Waals surface area contributed by atoms with Crippen LogP contribution in [0.15, 0.2) is 42.6 Å². The fourth-order valence-corrected chi connectivity index (χ4v) is 7.00. The highest BCUT2D eigenvalue weighted by atomic mass is 15.0. The second-order valence-electron chi connectivity index (χ2n) is 10.5. The molecule has 3 heterocycles. The number of para-hydroxylation sites is 1. The summed E-state index contributed by atoms with van der Waals surface area (Å²) in [6.07, 6.45) is 7.63. The van der Waals surface area contributed by atoms with Gasteiger partial charge in [-0.05, 0) is 91.8 Å². The van der Waals surface area contributed by atoms with Crippen molar-refractivity contribution in [1.29, 1.82) is 0 Å². The van der Waals surface area contributed by atoms with Gasteiger partial charge in [-0.3, -0.25) is 0 Å². The third kappa shape index (κ3) is 2.27. The molecule has 2 nitrogen and oxygen atoms in total. The molecule has 7 rings (SSSR count). The van der Waals surface area contributed by atoms with Crippen molar-refractivity contribution >= 4 is 49.0 Å². The van der Waals surface area contributed by atoms with Gasteiger partial charge in [0.25, 0.3) is 0 Å². The van der Waals surface area contributed by atoms with Gasteiger partial charge in [0.2, 0.25) is 5.52 Å². The van der Waals surface area contributed by atoms with Crippen LogP contribution in [0.5, 0.6) is 0 Å². The molecule has 1 aliphatic rings. The van der Waals surface area contributed by atoms with E-state index in [4.69, 9.17) is 0 Å². The van der Waals surface area contributed by atoms with Gasteiger partial charge in [-0.2, -0.15) is 0 Å². The number of fused-ring (bicyclic) bond motifs is 6. The van der Waals surface area contributed by atoms with Crippen LogP contribution in [-0.4, -0.2) is 4.40 Å². The molecule has 0 spiro atoms. The van der Waals surface area contributed by atoms with Gasteiger partial charge >= 0.3 is 0 Å². The lowest BCUT2D eigenvalue weighted by Gasteiger charge is -2.20. The Hall–Kier alpha value is -3.13. The van der Waals surface area contributed by atoms with Crippen molar-refractivity contribution in [2.75, 3.05) is 0 Å². The highest BCUT2D eigenvalue weighted by Gasteiger charge is 2.29. The predicted octanol–water partition coefficient (Wildman–Crippen LogP) is 7.71. The highest BCUT2D eigenvalue weighted by Crippen LogP contribution is 2.47. The van der Waals surface area contributed by atoms with Gasteiger partial charge in [0.05, 0.1) is 27.3 Å². The molecule has 33 heavy (non-hydrogen) atoms. The predicted molar refractivity (Wildman–Crippen MR) is 140 cm³/mol. The van der Waals surface area contributed by atoms with Crippen LogP contribution in [0.4, 0.5) is 0 Å². The Morgan fingerprint density at radius 2 is 1.52 bits per heavy atom. The number of nitrogens with zero attached hydrogens (tertiary/aromatic N) is 2. The number of aryl methyl sites for hydroxylation is 3. The Labute approximate surface area is 194 Å². The molecule has 0 amide bonds. The molecule has 6 aromatic rings. The maximum atomic E-state index is 2.63. The van der Waals surface area contributed by atoms with E-state index in [1.165, 1.54) is 96.9 Å². The molecule has 2 heteroatoms. The third-order valence-corrected chi connectivity index (χ3v) is 8.98. The maximum absolute atomic E-state index is 2.63. The van der Waals surface area contributed by atoms with Crippen LogP contribution < -0.4 is 4.57 Å². The van der Waals surface area contributed by atoms with Crippen molar-refractivity contribution < 1.29 is 4.57 Å². The van der Waals surface area contributed by atoms with Crippen LogP contribution in [-0.2, 0) is 7.05 Å². The molecule has 0 saturated heterocycles. The Balaban J connectivity index is 1.91. The van der Waals surface area contributed by atoms with Gasteiger partial charge in [0, 0.05) is 16.8 Å². The number of pyridine rings is 2. The lowest BCUT2D eigenvalue weighted by Crippen LogP contribution is -2.29. The largest absolute Gasteiger partial charge is 0.307 e. The van der Waals surface area contributed by atoms with Crippen molar-refractivity contribution in [3.63, 3.8) is 0 Å². The third-order valence-electron chi connectivity index (χ3n) is 8.98. The fourth-order valence-electron chi connectivity index (χ4n) is 7.00. The zero-order valence-electron chi connectivity index (χ0n) is 20.3. The average molecular weight is 432 g/mol. The van der Waals surface area contributed by atoms with Crippen LogP contribution in [0.3, 0.4) is 0 Å². The molecular weight excluding hydrogens is 400 g/mol. The summed E-state index contributed by atoms with van der Waals surface area (Å²) >= 11 is 0. The molecule has 0 atom stereocenters. The first kappa shape index (κ1) is 19.3. The van der Waals surface area contributed by atoms with Crippen LogP contribution in [0.1, 0.15) is 59.4 Å². The average Bonchev–Trinajstić information content (AvgIpc) is 3.48. The van der Waals surface area contributed by atoms with Gasteiger partial charge in [-0.1, -0.05) is 31.0 Å². The van der Waals surface area contributed by atoms with E-state index in [1.54, 1.807) is 5.56 Å². The summed E-state index contributed by atoms with van der Waals surface area (Å²) in [5.41, 5.74) is 12.8. The Morgan fingerprint density at radius 3 is 2.30 bits per heavy atom. The smallest absolute Gasteiger partial charge is 0.224 e. The van der Waals surface area contributed by atoms with E-state index < -0.39 is 0 Å². The highest BCUT2D eigenvalue weighted by molar-refractivity contribution is 6.28. The molecule has 0 aliphatic heterocycles. The normalized spacial score (nSPS) is 15.4. The molecule has 164 valence electrons.